The van der Waals surface area contributed by atoms with Crippen molar-refractivity contribution >= 4 is 11.6 Å². The molecule has 0 aliphatic carbocycles. The van der Waals surface area contributed by atoms with E-state index in [1.807, 2.05) is 18.2 Å². The Kier molecular flexibility index (Phi) is 5.40. The van der Waals surface area contributed by atoms with Gasteiger partial charge in [-0.1, -0.05) is 45.4 Å². The lowest BCUT2D eigenvalue weighted by Gasteiger charge is -2.24. The molecule has 1 saturated heterocycles. The first-order valence-corrected chi connectivity index (χ1v) is 8.09. The topological polar surface area (TPSA) is 41.1 Å². The van der Waals surface area contributed by atoms with E-state index in [-0.39, 0.29) is 11.3 Å². The molecule has 0 saturated carbocycles. The van der Waals surface area contributed by atoms with E-state index >= 15 is 0 Å². The van der Waals surface area contributed by atoms with Gasteiger partial charge < -0.3 is 10.6 Å². The summed E-state index contributed by atoms with van der Waals surface area (Å²) in [5.41, 5.74) is 2.18. The second-order valence-electron chi connectivity index (χ2n) is 7.03. The summed E-state index contributed by atoms with van der Waals surface area (Å²) in [6.45, 7) is 7.61. The molecular formula is C18H28N2O. The molecule has 2 N–H and O–H groups in total. The summed E-state index contributed by atoms with van der Waals surface area (Å²) >= 11 is 0. The van der Waals surface area contributed by atoms with Crippen molar-refractivity contribution in [3.05, 3.63) is 29.8 Å². The van der Waals surface area contributed by atoms with Crippen LogP contribution in [0.5, 0.6) is 0 Å². The highest BCUT2D eigenvalue weighted by atomic mass is 16.1. The van der Waals surface area contributed by atoms with E-state index in [1.165, 1.54) is 24.8 Å². The molecule has 1 aromatic rings. The molecule has 1 aliphatic heterocycles. The predicted octanol–water partition coefficient (Wildman–Crippen LogP) is 3.84. The standard InChI is InChI=1S/C18H28N2O/c1-18(2,3)15-9-4-5-10-16(15)20-17(21)12-11-14-8-6-7-13-19-14/h4-5,9-10,14,19H,6-8,11-13H2,1-3H3,(H,20,21). The van der Waals surface area contributed by atoms with Gasteiger partial charge in [0.25, 0.3) is 0 Å². The van der Waals surface area contributed by atoms with Crippen LogP contribution in [0.3, 0.4) is 0 Å². The number of hydrogen-bond donors (Lipinski definition) is 2. The van der Waals surface area contributed by atoms with Crippen LogP contribution in [0.25, 0.3) is 0 Å². The monoisotopic (exact) mass is 288 g/mol. The van der Waals surface area contributed by atoms with Crippen LogP contribution in [0.1, 0.15) is 58.4 Å². The Morgan fingerprint density at radius 1 is 1.29 bits per heavy atom. The number of amides is 1. The molecule has 1 heterocycles. The average Bonchev–Trinajstić information content (AvgIpc) is 2.46. The molecule has 1 unspecified atom stereocenters. The number of anilines is 1. The molecule has 0 radical (unpaired) electrons. The molecule has 2 rings (SSSR count). The number of benzene rings is 1. The quantitative estimate of drug-likeness (QED) is 0.883. The maximum atomic E-state index is 12.2. The second-order valence-corrected chi connectivity index (χ2v) is 7.03. The fourth-order valence-corrected chi connectivity index (χ4v) is 2.93. The molecule has 21 heavy (non-hydrogen) atoms. The van der Waals surface area contributed by atoms with Crippen LogP contribution in [-0.2, 0) is 10.2 Å². The molecular weight excluding hydrogens is 260 g/mol. The van der Waals surface area contributed by atoms with Crippen molar-refractivity contribution in [1.29, 1.82) is 0 Å². The van der Waals surface area contributed by atoms with E-state index in [9.17, 15) is 4.79 Å². The van der Waals surface area contributed by atoms with Gasteiger partial charge in [0.1, 0.15) is 0 Å². The summed E-state index contributed by atoms with van der Waals surface area (Å²) in [6.07, 6.45) is 5.28. The normalized spacial score (nSPS) is 19.3. The number of carbonyl (C=O) groups excluding carboxylic acids is 1. The van der Waals surface area contributed by atoms with Crippen LogP contribution >= 0.6 is 0 Å². The maximum Gasteiger partial charge on any atom is 0.224 e. The summed E-state index contributed by atoms with van der Waals surface area (Å²) in [5, 5.41) is 6.58. The van der Waals surface area contributed by atoms with Gasteiger partial charge in [-0.25, -0.2) is 0 Å². The third kappa shape index (κ3) is 4.85. The van der Waals surface area contributed by atoms with Crippen LogP contribution < -0.4 is 10.6 Å². The van der Waals surface area contributed by atoms with E-state index < -0.39 is 0 Å². The summed E-state index contributed by atoms with van der Waals surface area (Å²) in [6, 6.07) is 8.62. The number of nitrogens with one attached hydrogen (secondary N) is 2. The zero-order valence-corrected chi connectivity index (χ0v) is 13.5. The first-order chi connectivity index (χ1) is 9.97. The first-order valence-electron chi connectivity index (χ1n) is 8.09. The van der Waals surface area contributed by atoms with Gasteiger partial charge in [0, 0.05) is 18.2 Å². The molecule has 1 amide bonds. The van der Waals surface area contributed by atoms with Crippen molar-refractivity contribution in [3.63, 3.8) is 0 Å². The highest BCUT2D eigenvalue weighted by molar-refractivity contribution is 5.91. The average molecular weight is 288 g/mol. The summed E-state index contributed by atoms with van der Waals surface area (Å²) < 4.78 is 0. The SMILES string of the molecule is CC(C)(C)c1ccccc1NC(=O)CCC1CCCCN1. The number of para-hydroxylation sites is 1. The van der Waals surface area contributed by atoms with Crippen molar-refractivity contribution in [2.24, 2.45) is 0 Å². The summed E-state index contributed by atoms with van der Waals surface area (Å²) in [4.78, 5) is 12.2. The molecule has 116 valence electrons. The molecule has 3 nitrogen and oxygen atoms in total. The first kappa shape index (κ1) is 16.0. The molecule has 1 aliphatic rings. The minimum atomic E-state index is 0.0365. The summed E-state index contributed by atoms with van der Waals surface area (Å²) in [5.74, 6) is 0.124. The zero-order valence-electron chi connectivity index (χ0n) is 13.5. The van der Waals surface area contributed by atoms with Gasteiger partial charge in [-0.2, -0.15) is 0 Å². The highest BCUT2D eigenvalue weighted by Crippen LogP contribution is 2.29. The minimum Gasteiger partial charge on any atom is -0.326 e. The molecule has 1 atom stereocenters. The van der Waals surface area contributed by atoms with Crippen LogP contribution in [0.15, 0.2) is 24.3 Å². The van der Waals surface area contributed by atoms with Crippen LogP contribution in [0.2, 0.25) is 0 Å². The lowest BCUT2D eigenvalue weighted by atomic mass is 9.86. The van der Waals surface area contributed by atoms with Crippen molar-refractivity contribution < 1.29 is 4.79 Å². The van der Waals surface area contributed by atoms with E-state index in [0.29, 0.717) is 12.5 Å². The maximum absolute atomic E-state index is 12.2. The molecule has 0 spiro atoms. The van der Waals surface area contributed by atoms with Gasteiger partial charge in [-0.15, -0.1) is 0 Å². The zero-order chi connectivity index (χ0) is 15.3. The Hall–Kier alpha value is -1.35. The molecule has 0 bridgehead atoms. The van der Waals surface area contributed by atoms with Crippen molar-refractivity contribution in [3.8, 4) is 0 Å². The van der Waals surface area contributed by atoms with Gasteiger partial charge in [-0.05, 0) is 42.9 Å². The van der Waals surface area contributed by atoms with Gasteiger partial charge in [0.2, 0.25) is 5.91 Å². The highest BCUT2D eigenvalue weighted by Gasteiger charge is 2.19. The van der Waals surface area contributed by atoms with Crippen molar-refractivity contribution in [2.75, 3.05) is 11.9 Å². The second kappa shape index (κ2) is 7.08. The molecule has 1 fully saturated rings. The Bertz CT molecular complexity index is 470. The number of piperidine rings is 1. The van der Waals surface area contributed by atoms with E-state index in [1.54, 1.807) is 0 Å². The fraction of sp³-hybridized carbons (Fsp3) is 0.611. The Labute approximate surface area is 128 Å². The van der Waals surface area contributed by atoms with Crippen LogP contribution in [-0.4, -0.2) is 18.5 Å². The third-order valence-corrected chi connectivity index (χ3v) is 4.14. The minimum absolute atomic E-state index is 0.0365. The molecule has 0 aromatic heterocycles. The lowest BCUT2D eigenvalue weighted by molar-refractivity contribution is -0.116. The Morgan fingerprint density at radius 3 is 2.71 bits per heavy atom. The van der Waals surface area contributed by atoms with E-state index in [4.69, 9.17) is 0 Å². The largest absolute Gasteiger partial charge is 0.326 e. The van der Waals surface area contributed by atoms with Gasteiger partial charge in [0.05, 0.1) is 0 Å². The van der Waals surface area contributed by atoms with E-state index in [2.05, 4.69) is 37.5 Å². The number of rotatable bonds is 4. The number of hydrogen-bond acceptors (Lipinski definition) is 2. The smallest absolute Gasteiger partial charge is 0.224 e. The van der Waals surface area contributed by atoms with Crippen molar-refractivity contribution in [2.45, 2.75) is 64.3 Å². The third-order valence-electron chi connectivity index (χ3n) is 4.14. The number of carbonyl (C=O) groups is 1. The van der Waals surface area contributed by atoms with Crippen LogP contribution in [0.4, 0.5) is 5.69 Å². The van der Waals surface area contributed by atoms with Gasteiger partial charge in [-0.3, -0.25) is 4.79 Å². The molecule has 3 heteroatoms. The van der Waals surface area contributed by atoms with Crippen molar-refractivity contribution in [1.82, 2.24) is 5.32 Å². The van der Waals surface area contributed by atoms with E-state index in [0.717, 1.165) is 18.7 Å². The summed E-state index contributed by atoms with van der Waals surface area (Å²) in [7, 11) is 0. The fourth-order valence-electron chi connectivity index (χ4n) is 2.93. The Balaban J connectivity index is 1.90. The predicted molar refractivity (Wildman–Crippen MR) is 88.6 cm³/mol. The molecule has 1 aromatic carbocycles. The lowest BCUT2D eigenvalue weighted by Crippen LogP contribution is -2.34. The van der Waals surface area contributed by atoms with Gasteiger partial charge >= 0.3 is 0 Å². The van der Waals surface area contributed by atoms with Gasteiger partial charge in [0.15, 0.2) is 0 Å². The Morgan fingerprint density at radius 2 is 2.05 bits per heavy atom. The van der Waals surface area contributed by atoms with Crippen LogP contribution in [0, 0.1) is 0 Å².